The van der Waals surface area contributed by atoms with Crippen LogP contribution in [0.1, 0.15) is 6.92 Å². The second-order valence-electron chi connectivity index (χ2n) is 2.06. The Balaban J connectivity index is 0.000000810. The minimum atomic E-state index is 0. The molecule has 0 saturated carbocycles. The van der Waals surface area contributed by atoms with Gasteiger partial charge in [-0.25, -0.2) is 0 Å². The Morgan fingerprint density at radius 2 is 2.00 bits per heavy atom. The lowest BCUT2D eigenvalue weighted by Gasteiger charge is -2.01. The van der Waals surface area contributed by atoms with Gasteiger partial charge >= 0.3 is 0 Å². The summed E-state index contributed by atoms with van der Waals surface area (Å²) in [7, 11) is 0. The summed E-state index contributed by atoms with van der Waals surface area (Å²) in [5, 5.41) is 7.76. The summed E-state index contributed by atoms with van der Waals surface area (Å²) in [6.07, 6.45) is 3.28. The topological polar surface area (TPSA) is 56.7 Å². The average Bonchev–Trinajstić information content (AvgIpc) is 2.15. The van der Waals surface area contributed by atoms with Gasteiger partial charge in [-0.15, -0.1) is 12.4 Å². The van der Waals surface area contributed by atoms with Crippen LogP contribution < -0.4 is 5.73 Å². The van der Waals surface area contributed by atoms with Gasteiger partial charge in [0, 0.05) is 6.04 Å². The zero-order chi connectivity index (χ0) is 6.69. The third kappa shape index (κ3) is 2.80. The van der Waals surface area contributed by atoms with Crippen LogP contribution in [-0.4, -0.2) is 21.0 Å². The van der Waals surface area contributed by atoms with Gasteiger partial charge < -0.3 is 5.73 Å². The summed E-state index contributed by atoms with van der Waals surface area (Å²) >= 11 is 0. The van der Waals surface area contributed by atoms with Crippen molar-refractivity contribution in [3.8, 4) is 0 Å². The van der Waals surface area contributed by atoms with Crippen molar-refractivity contribution < 1.29 is 0 Å². The van der Waals surface area contributed by atoms with Gasteiger partial charge in [-0.2, -0.15) is 15.0 Å². The van der Waals surface area contributed by atoms with Gasteiger partial charge in [-0.1, -0.05) is 0 Å². The Hall–Kier alpha value is -0.610. The standard InChI is InChI=1S/C5H10N4.ClH/c1-5(6)4-9-7-2-3-8-9;/h2-3,5H,4,6H2,1H3;1H. The number of aromatic nitrogens is 3. The van der Waals surface area contributed by atoms with Crippen molar-refractivity contribution in [3.63, 3.8) is 0 Å². The highest BCUT2D eigenvalue weighted by Gasteiger charge is 1.94. The number of nitrogens with zero attached hydrogens (tertiary/aromatic N) is 3. The highest BCUT2D eigenvalue weighted by Crippen LogP contribution is 1.81. The van der Waals surface area contributed by atoms with Crippen LogP contribution in [0.5, 0.6) is 0 Å². The van der Waals surface area contributed by atoms with Crippen LogP contribution in [0.15, 0.2) is 12.4 Å². The molecule has 1 heterocycles. The van der Waals surface area contributed by atoms with E-state index in [1.807, 2.05) is 6.92 Å². The second kappa shape index (κ2) is 4.24. The molecule has 1 aromatic heterocycles. The van der Waals surface area contributed by atoms with Crippen LogP contribution in [0.2, 0.25) is 0 Å². The van der Waals surface area contributed by atoms with Crippen LogP contribution >= 0.6 is 12.4 Å². The lowest BCUT2D eigenvalue weighted by Crippen LogP contribution is -2.23. The lowest BCUT2D eigenvalue weighted by atomic mass is 10.4. The molecule has 0 aliphatic rings. The van der Waals surface area contributed by atoms with Crippen molar-refractivity contribution in [1.29, 1.82) is 0 Å². The summed E-state index contributed by atoms with van der Waals surface area (Å²) in [4.78, 5) is 1.57. The van der Waals surface area contributed by atoms with E-state index in [1.54, 1.807) is 17.2 Å². The number of hydrogen-bond donors (Lipinski definition) is 1. The van der Waals surface area contributed by atoms with E-state index in [9.17, 15) is 0 Å². The van der Waals surface area contributed by atoms with Gasteiger partial charge in [0.15, 0.2) is 0 Å². The minimum absolute atomic E-state index is 0. The van der Waals surface area contributed by atoms with Crippen LogP contribution in [0.4, 0.5) is 0 Å². The average molecular weight is 163 g/mol. The molecule has 1 atom stereocenters. The molecule has 0 fully saturated rings. The Morgan fingerprint density at radius 1 is 1.50 bits per heavy atom. The van der Waals surface area contributed by atoms with Crippen molar-refractivity contribution in [1.82, 2.24) is 15.0 Å². The first-order chi connectivity index (χ1) is 4.29. The lowest BCUT2D eigenvalue weighted by molar-refractivity contribution is 0.482. The molecule has 1 aromatic rings. The monoisotopic (exact) mass is 162 g/mol. The number of nitrogens with two attached hydrogens (primary N) is 1. The van der Waals surface area contributed by atoms with E-state index >= 15 is 0 Å². The summed E-state index contributed by atoms with van der Waals surface area (Å²) in [6, 6.07) is 0.123. The normalized spacial score (nSPS) is 12.2. The number of rotatable bonds is 2. The molecule has 2 N–H and O–H groups in total. The Kier molecular flexibility index (Phi) is 3.99. The fraction of sp³-hybridized carbons (Fsp3) is 0.600. The Labute approximate surface area is 65.8 Å². The summed E-state index contributed by atoms with van der Waals surface area (Å²) in [6.45, 7) is 2.61. The molecule has 0 aliphatic heterocycles. The van der Waals surface area contributed by atoms with Gasteiger partial charge in [0.2, 0.25) is 0 Å². The van der Waals surface area contributed by atoms with Gasteiger partial charge in [-0.3, -0.25) is 0 Å². The third-order valence-electron chi connectivity index (χ3n) is 0.918. The maximum absolute atomic E-state index is 5.48. The third-order valence-corrected chi connectivity index (χ3v) is 0.918. The Morgan fingerprint density at radius 3 is 2.40 bits per heavy atom. The molecule has 0 aromatic carbocycles. The van der Waals surface area contributed by atoms with Gasteiger partial charge in [0.25, 0.3) is 0 Å². The Bertz CT molecular complexity index is 160. The molecule has 10 heavy (non-hydrogen) atoms. The molecule has 0 spiro atoms. The summed E-state index contributed by atoms with van der Waals surface area (Å²) in [5.41, 5.74) is 5.48. The predicted octanol–water partition coefficient (Wildman–Crippen LogP) is 0.0471. The van der Waals surface area contributed by atoms with Crippen molar-refractivity contribution >= 4 is 12.4 Å². The molecule has 0 bridgehead atoms. The number of halogens is 1. The first-order valence-electron chi connectivity index (χ1n) is 2.88. The van der Waals surface area contributed by atoms with E-state index in [0.717, 1.165) is 0 Å². The first-order valence-corrected chi connectivity index (χ1v) is 2.88. The molecule has 0 saturated heterocycles. The van der Waals surface area contributed by atoms with Gasteiger partial charge in [0.05, 0.1) is 18.9 Å². The largest absolute Gasteiger partial charge is 0.326 e. The van der Waals surface area contributed by atoms with Crippen LogP contribution in [0.3, 0.4) is 0 Å². The van der Waals surface area contributed by atoms with Crippen molar-refractivity contribution in [2.45, 2.75) is 19.5 Å². The van der Waals surface area contributed by atoms with Gasteiger partial charge in [-0.05, 0) is 6.92 Å². The molecule has 5 heteroatoms. The van der Waals surface area contributed by atoms with Crippen molar-refractivity contribution in [3.05, 3.63) is 12.4 Å². The SMILES string of the molecule is CC(N)Cn1nccn1.Cl. The first kappa shape index (κ1) is 9.39. The maximum atomic E-state index is 5.48. The molecule has 1 unspecified atom stereocenters. The highest BCUT2D eigenvalue weighted by molar-refractivity contribution is 5.85. The van der Waals surface area contributed by atoms with Crippen LogP contribution in [-0.2, 0) is 6.54 Å². The maximum Gasteiger partial charge on any atom is 0.0755 e. The fourth-order valence-electron chi connectivity index (χ4n) is 0.595. The molecular weight excluding hydrogens is 152 g/mol. The number of hydrogen-bond acceptors (Lipinski definition) is 3. The van der Waals surface area contributed by atoms with E-state index in [1.165, 1.54) is 0 Å². The molecule has 0 amide bonds. The molecule has 0 aliphatic carbocycles. The van der Waals surface area contributed by atoms with Crippen molar-refractivity contribution in [2.75, 3.05) is 0 Å². The molecule has 58 valence electrons. The summed E-state index contributed by atoms with van der Waals surface area (Å²) in [5.74, 6) is 0. The van der Waals surface area contributed by atoms with E-state index in [4.69, 9.17) is 5.73 Å². The zero-order valence-corrected chi connectivity index (χ0v) is 6.58. The highest BCUT2D eigenvalue weighted by atomic mass is 35.5. The fourth-order valence-corrected chi connectivity index (χ4v) is 0.595. The molecule has 4 nitrogen and oxygen atoms in total. The minimum Gasteiger partial charge on any atom is -0.326 e. The molecular formula is C5H11ClN4. The van der Waals surface area contributed by atoms with Crippen molar-refractivity contribution in [2.24, 2.45) is 5.73 Å². The predicted molar refractivity (Wildman–Crippen MR) is 40.9 cm³/mol. The van der Waals surface area contributed by atoms with Crippen LogP contribution in [0, 0.1) is 0 Å². The van der Waals surface area contributed by atoms with Crippen LogP contribution in [0.25, 0.3) is 0 Å². The van der Waals surface area contributed by atoms with E-state index in [-0.39, 0.29) is 18.4 Å². The second-order valence-corrected chi connectivity index (χ2v) is 2.06. The molecule has 0 radical (unpaired) electrons. The van der Waals surface area contributed by atoms with E-state index < -0.39 is 0 Å². The van der Waals surface area contributed by atoms with E-state index in [0.29, 0.717) is 6.54 Å². The zero-order valence-electron chi connectivity index (χ0n) is 5.77. The van der Waals surface area contributed by atoms with Gasteiger partial charge in [0.1, 0.15) is 0 Å². The summed E-state index contributed by atoms with van der Waals surface area (Å²) < 4.78 is 0. The molecule has 1 rings (SSSR count). The smallest absolute Gasteiger partial charge is 0.0755 e. The quantitative estimate of drug-likeness (QED) is 0.669. The van der Waals surface area contributed by atoms with E-state index in [2.05, 4.69) is 10.2 Å².